The first kappa shape index (κ1) is 17.8. The maximum Gasteiger partial charge on any atom is 0.162 e. The van der Waals surface area contributed by atoms with E-state index in [1.807, 2.05) is 39.1 Å². The molecule has 4 nitrogen and oxygen atoms in total. The van der Waals surface area contributed by atoms with E-state index < -0.39 is 0 Å². The van der Waals surface area contributed by atoms with Crippen molar-refractivity contribution in [3.8, 4) is 6.07 Å². The fourth-order valence-corrected chi connectivity index (χ4v) is 2.62. The molecule has 24 heavy (non-hydrogen) atoms. The molecule has 1 heterocycles. The van der Waals surface area contributed by atoms with Crippen LogP contribution in [-0.2, 0) is 17.2 Å². The summed E-state index contributed by atoms with van der Waals surface area (Å²) in [6.45, 7) is 10.9. The van der Waals surface area contributed by atoms with Gasteiger partial charge in [0.25, 0.3) is 0 Å². The molecule has 0 aliphatic rings. The maximum absolute atomic E-state index is 9.75. The molecule has 4 heteroatoms. The van der Waals surface area contributed by atoms with E-state index in [9.17, 15) is 5.26 Å². The Bertz CT molecular complexity index is 784. The zero-order valence-corrected chi connectivity index (χ0v) is 15.3. The van der Waals surface area contributed by atoms with Gasteiger partial charge in [-0.05, 0) is 36.5 Å². The van der Waals surface area contributed by atoms with Crippen LogP contribution in [0, 0.1) is 18.3 Å². The highest BCUT2D eigenvalue weighted by molar-refractivity contribution is 5.94. The highest BCUT2D eigenvalue weighted by atomic mass is 16.5. The van der Waals surface area contributed by atoms with Gasteiger partial charge in [0, 0.05) is 7.05 Å². The topological polar surface area (TPSA) is 50.8 Å². The van der Waals surface area contributed by atoms with Crippen molar-refractivity contribution in [3.05, 3.63) is 52.8 Å². The molecular formula is C20H25N3O. The molecule has 0 atom stereocenters. The van der Waals surface area contributed by atoms with Crippen LogP contribution in [0.25, 0.3) is 11.3 Å². The summed E-state index contributed by atoms with van der Waals surface area (Å²) < 4.78 is 7.57. The first-order valence-electron chi connectivity index (χ1n) is 8.17. The number of rotatable bonds is 4. The Morgan fingerprint density at radius 2 is 1.88 bits per heavy atom. The van der Waals surface area contributed by atoms with E-state index in [1.165, 1.54) is 5.56 Å². The summed E-state index contributed by atoms with van der Waals surface area (Å²) in [4.78, 5) is 0. The number of allylic oxidation sites excluding steroid dienone is 1. The first-order chi connectivity index (χ1) is 11.3. The van der Waals surface area contributed by atoms with Gasteiger partial charge in [0.15, 0.2) is 5.76 Å². The third-order valence-corrected chi connectivity index (χ3v) is 3.90. The van der Waals surface area contributed by atoms with Crippen molar-refractivity contribution in [2.45, 2.75) is 40.0 Å². The van der Waals surface area contributed by atoms with Crippen molar-refractivity contribution < 1.29 is 4.74 Å². The number of hydrogen-bond acceptors (Lipinski definition) is 3. The number of nitrogens with zero attached hydrogens (tertiary/aromatic N) is 3. The van der Waals surface area contributed by atoms with Crippen LogP contribution in [0.3, 0.4) is 0 Å². The molecule has 1 aromatic carbocycles. The van der Waals surface area contributed by atoms with Gasteiger partial charge >= 0.3 is 0 Å². The lowest BCUT2D eigenvalue weighted by molar-refractivity contribution is 0.296. The largest absolute Gasteiger partial charge is 0.490 e. The molecule has 0 fully saturated rings. The average Bonchev–Trinajstić information content (AvgIpc) is 2.85. The van der Waals surface area contributed by atoms with Crippen molar-refractivity contribution in [2.75, 3.05) is 6.61 Å². The number of hydrogen-bond donors (Lipinski definition) is 0. The fraction of sp³-hybridized carbons (Fsp3) is 0.400. The second kappa shape index (κ2) is 6.92. The standard InChI is InChI=1S/C20H25N3O/c1-7-24-19(18-12-14(2)22-23(18)6)17(13-21)15-8-10-16(11-9-15)20(3,4)5/h8-12H,7H2,1-6H3. The predicted molar refractivity (Wildman–Crippen MR) is 97.1 cm³/mol. The first-order valence-corrected chi connectivity index (χ1v) is 8.17. The molecule has 0 aliphatic carbocycles. The molecule has 0 amide bonds. The second-order valence-corrected chi connectivity index (χ2v) is 6.87. The smallest absolute Gasteiger partial charge is 0.162 e. The van der Waals surface area contributed by atoms with Crippen LogP contribution in [0.1, 0.15) is 50.2 Å². The minimum atomic E-state index is 0.0803. The Labute approximate surface area is 144 Å². The van der Waals surface area contributed by atoms with Crippen LogP contribution in [0.4, 0.5) is 0 Å². The van der Waals surface area contributed by atoms with Crippen LogP contribution in [0.2, 0.25) is 0 Å². The van der Waals surface area contributed by atoms with Gasteiger partial charge in [-0.3, -0.25) is 4.68 Å². The number of aryl methyl sites for hydroxylation is 2. The summed E-state index contributed by atoms with van der Waals surface area (Å²) in [5.74, 6) is 0.576. The number of nitriles is 1. The van der Waals surface area contributed by atoms with E-state index in [2.05, 4.69) is 44.1 Å². The van der Waals surface area contributed by atoms with E-state index in [1.54, 1.807) is 4.68 Å². The van der Waals surface area contributed by atoms with Gasteiger partial charge in [0.2, 0.25) is 0 Å². The van der Waals surface area contributed by atoms with Crippen LogP contribution in [-0.4, -0.2) is 16.4 Å². The lowest BCUT2D eigenvalue weighted by atomic mass is 9.86. The summed E-state index contributed by atoms with van der Waals surface area (Å²) in [7, 11) is 1.86. The monoisotopic (exact) mass is 323 g/mol. The van der Waals surface area contributed by atoms with Gasteiger partial charge in [0.05, 0.1) is 12.3 Å². The lowest BCUT2D eigenvalue weighted by Gasteiger charge is -2.19. The van der Waals surface area contributed by atoms with Crippen molar-refractivity contribution >= 4 is 11.3 Å². The van der Waals surface area contributed by atoms with Crippen molar-refractivity contribution in [2.24, 2.45) is 7.05 Å². The molecule has 0 spiro atoms. The molecule has 2 aromatic rings. The quantitative estimate of drug-likeness (QED) is 0.617. The molecular weight excluding hydrogens is 298 g/mol. The highest BCUT2D eigenvalue weighted by Gasteiger charge is 2.18. The fourth-order valence-electron chi connectivity index (χ4n) is 2.62. The zero-order chi connectivity index (χ0) is 17.9. The Morgan fingerprint density at radius 3 is 2.29 bits per heavy atom. The molecule has 0 aliphatic heterocycles. The van der Waals surface area contributed by atoms with Crippen molar-refractivity contribution in [1.29, 1.82) is 5.26 Å². The minimum Gasteiger partial charge on any atom is -0.490 e. The second-order valence-electron chi connectivity index (χ2n) is 6.87. The van der Waals surface area contributed by atoms with E-state index in [-0.39, 0.29) is 5.41 Å². The van der Waals surface area contributed by atoms with Gasteiger partial charge in [-0.1, -0.05) is 45.0 Å². The van der Waals surface area contributed by atoms with Crippen LogP contribution >= 0.6 is 0 Å². The van der Waals surface area contributed by atoms with E-state index in [0.29, 0.717) is 17.9 Å². The Kier molecular flexibility index (Phi) is 5.14. The summed E-state index contributed by atoms with van der Waals surface area (Å²) in [6.07, 6.45) is 0. The number of aromatic nitrogens is 2. The molecule has 1 aromatic heterocycles. The van der Waals surface area contributed by atoms with E-state index in [0.717, 1.165) is 17.0 Å². The predicted octanol–water partition coefficient (Wildman–Crippen LogP) is 4.45. The summed E-state index contributed by atoms with van der Waals surface area (Å²) in [5, 5.41) is 14.1. The molecule has 0 radical (unpaired) electrons. The van der Waals surface area contributed by atoms with Gasteiger partial charge in [-0.2, -0.15) is 10.4 Å². The van der Waals surface area contributed by atoms with E-state index >= 15 is 0 Å². The molecule has 0 unspecified atom stereocenters. The molecule has 0 saturated carbocycles. The normalized spacial score (nSPS) is 12.5. The number of benzene rings is 1. The van der Waals surface area contributed by atoms with Gasteiger partial charge in [-0.15, -0.1) is 0 Å². The minimum absolute atomic E-state index is 0.0803. The van der Waals surface area contributed by atoms with Crippen LogP contribution in [0.15, 0.2) is 30.3 Å². The highest BCUT2D eigenvalue weighted by Crippen LogP contribution is 2.29. The lowest BCUT2D eigenvalue weighted by Crippen LogP contribution is -2.10. The van der Waals surface area contributed by atoms with Gasteiger partial charge in [-0.25, -0.2) is 0 Å². The van der Waals surface area contributed by atoms with E-state index in [4.69, 9.17) is 4.74 Å². The average molecular weight is 323 g/mol. The van der Waals surface area contributed by atoms with Crippen molar-refractivity contribution in [1.82, 2.24) is 9.78 Å². The van der Waals surface area contributed by atoms with Crippen LogP contribution in [0.5, 0.6) is 0 Å². The maximum atomic E-state index is 9.75. The van der Waals surface area contributed by atoms with Gasteiger partial charge < -0.3 is 4.74 Å². The summed E-state index contributed by atoms with van der Waals surface area (Å²) in [6, 6.07) is 12.4. The molecule has 0 saturated heterocycles. The Morgan fingerprint density at radius 1 is 1.25 bits per heavy atom. The Balaban J connectivity index is 2.58. The zero-order valence-electron chi connectivity index (χ0n) is 15.3. The molecule has 126 valence electrons. The Hall–Kier alpha value is -2.54. The third kappa shape index (κ3) is 3.68. The third-order valence-electron chi connectivity index (χ3n) is 3.90. The van der Waals surface area contributed by atoms with Crippen LogP contribution < -0.4 is 0 Å². The molecule has 2 rings (SSSR count). The van der Waals surface area contributed by atoms with Crippen molar-refractivity contribution in [3.63, 3.8) is 0 Å². The molecule has 0 N–H and O–H groups in total. The summed E-state index contributed by atoms with van der Waals surface area (Å²) in [5.41, 5.74) is 4.40. The van der Waals surface area contributed by atoms with Gasteiger partial charge in [0.1, 0.15) is 17.3 Å². The summed E-state index contributed by atoms with van der Waals surface area (Å²) >= 11 is 0. The number of ether oxygens (including phenoxy) is 1. The molecule has 0 bridgehead atoms. The SMILES string of the molecule is CCOC(=C(C#N)c1ccc(C(C)(C)C)cc1)c1cc(C)nn1C.